The van der Waals surface area contributed by atoms with E-state index >= 15 is 0 Å². The summed E-state index contributed by atoms with van der Waals surface area (Å²) in [4.78, 5) is 24.2. The van der Waals surface area contributed by atoms with Crippen molar-refractivity contribution >= 4 is 46.1 Å². The predicted octanol–water partition coefficient (Wildman–Crippen LogP) is 4.17. The number of fused-ring (bicyclic) bond motifs is 1. The van der Waals surface area contributed by atoms with Gasteiger partial charge in [-0.2, -0.15) is 5.10 Å². The first-order chi connectivity index (χ1) is 16.1. The minimum absolute atomic E-state index is 0.0550. The Hall–Kier alpha value is -2.52. The van der Waals surface area contributed by atoms with E-state index in [2.05, 4.69) is 22.2 Å². The number of carbonyl (C=O) groups is 1. The lowest BCUT2D eigenvalue weighted by Crippen LogP contribution is -2.32. The molecule has 0 bridgehead atoms. The van der Waals surface area contributed by atoms with Crippen LogP contribution in [0.4, 0.5) is 5.82 Å². The molecule has 4 rings (SSSR count). The Morgan fingerprint density at radius 3 is 2.73 bits per heavy atom. The van der Waals surface area contributed by atoms with Crippen LogP contribution in [-0.2, 0) is 11.3 Å². The third-order valence-electron chi connectivity index (χ3n) is 5.38. The fourth-order valence-electron chi connectivity index (χ4n) is 3.72. The number of anilines is 1. The molecule has 176 valence electrons. The summed E-state index contributed by atoms with van der Waals surface area (Å²) in [7, 11) is 0. The number of carbonyl (C=O) groups excluding carboxylic acids is 1. The van der Waals surface area contributed by atoms with E-state index in [1.54, 1.807) is 36.0 Å². The van der Waals surface area contributed by atoms with Gasteiger partial charge < -0.3 is 15.0 Å². The van der Waals surface area contributed by atoms with Crippen molar-refractivity contribution in [3.63, 3.8) is 0 Å². The van der Waals surface area contributed by atoms with Crippen LogP contribution in [0.1, 0.15) is 32.6 Å². The van der Waals surface area contributed by atoms with Crippen LogP contribution in [0.25, 0.3) is 11.0 Å². The molecular weight excluding hydrogens is 460 g/mol. The monoisotopic (exact) mass is 488 g/mol. The lowest BCUT2D eigenvalue weighted by molar-refractivity contribution is -0.123. The Kier molecular flexibility index (Phi) is 8.28. The van der Waals surface area contributed by atoms with Gasteiger partial charge >= 0.3 is 0 Å². The fourth-order valence-corrected chi connectivity index (χ4v) is 4.54. The van der Waals surface area contributed by atoms with Crippen LogP contribution in [0, 0.1) is 0 Å². The highest BCUT2D eigenvalue weighted by atomic mass is 35.5. The van der Waals surface area contributed by atoms with Crippen LogP contribution in [0.2, 0.25) is 5.02 Å². The summed E-state index contributed by atoms with van der Waals surface area (Å²) in [6.07, 6.45) is 6.54. The van der Waals surface area contributed by atoms with E-state index in [4.69, 9.17) is 26.3 Å². The SMILES string of the molecule is CCCSc1nc(N2CCCCC2)c2cnn(CCNC(=O)COc3ccc(Cl)cc3)c2n1. The van der Waals surface area contributed by atoms with Gasteiger partial charge in [-0.05, 0) is 49.9 Å². The molecule has 3 heterocycles. The van der Waals surface area contributed by atoms with E-state index in [-0.39, 0.29) is 12.5 Å². The highest BCUT2D eigenvalue weighted by molar-refractivity contribution is 7.99. The Balaban J connectivity index is 1.40. The molecule has 0 spiro atoms. The average Bonchev–Trinajstić information content (AvgIpc) is 3.25. The smallest absolute Gasteiger partial charge is 0.258 e. The van der Waals surface area contributed by atoms with Crippen LogP contribution in [0.15, 0.2) is 35.6 Å². The number of hydrogen-bond acceptors (Lipinski definition) is 7. The first-order valence-corrected chi connectivity index (χ1v) is 12.8. The summed E-state index contributed by atoms with van der Waals surface area (Å²) in [6, 6.07) is 6.92. The van der Waals surface area contributed by atoms with Crippen molar-refractivity contribution in [2.45, 2.75) is 44.3 Å². The van der Waals surface area contributed by atoms with E-state index in [1.807, 2.05) is 10.9 Å². The Labute approximate surface area is 203 Å². The zero-order valence-corrected chi connectivity index (χ0v) is 20.4. The van der Waals surface area contributed by atoms with E-state index in [0.29, 0.717) is 23.9 Å². The van der Waals surface area contributed by atoms with E-state index < -0.39 is 0 Å². The standard InChI is InChI=1S/C23H29ClN6O2S/c1-2-14-33-23-27-21(29-11-4-3-5-12-29)19-15-26-30(22(19)28-23)13-10-25-20(31)16-32-18-8-6-17(24)7-9-18/h6-9,15H,2-5,10-14,16H2,1H3,(H,25,31). The molecule has 1 aromatic carbocycles. The van der Waals surface area contributed by atoms with Crippen molar-refractivity contribution < 1.29 is 9.53 Å². The second-order valence-electron chi connectivity index (χ2n) is 7.92. The van der Waals surface area contributed by atoms with Crippen LogP contribution >= 0.6 is 23.4 Å². The highest BCUT2D eigenvalue weighted by Crippen LogP contribution is 2.29. The van der Waals surface area contributed by atoms with Crippen LogP contribution in [-0.4, -0.2) is 57.6 Å². The molecule has 1 amide bonds. The number of thioether (sulfide) groups is 1. The molecule has 0 saturated carbocycles. The minimum Gasteiger partial charge on any atom is -0.484 e. The van der Waals surface area contributed by atoms with Gasteiger partial charge in [0.25, 0.3) is 5.91 Å². The predicted molar refractivity (Wildman–Crippen MR) is 132 cm³/mol. The number of nitrogens with zero attached hydrogens (tertiary/aromatic N) is 5. The van der Waals surface area contributed by atoms with Gasteiger partial charge in [0.15, 0.2) is 17.4 Å². The van der Waals surface area contributed by atoms with Crippen molar-refractivity contribution in [2.75, 3.05) is 36.9 Å². The first kappa shape index (κ1) is 23.6. The molecule has 3 aromatic rings. The zero-order chi connectivity index (χ0) is 23.0. The number of amides is 1. The van der Waals surface area contributed by atoms with Gasteiger partial charge in [0, 0.05) is 30.4 Å². The van der Waals surface area contributed by atoms with Crippen molar-refractivity contribution in [3.8, 4) is 5.75 Å². The van der Waals surface area contributed by atoms with E-state index in [1.165, 1.54) is 19.3 Å². The lowest BCUT2D eigenvalue weighted by atomic mass is 10.1. The zero-order valence-electron chi connectivity index (χ0n) is 18.8. The summed E-state index contributed by atoms with van der Waals surface area (Å²) in [5.74, 6) is 2.36. The van der Waals surface area contributed by atoms with Crippen molar-refractivity contribution in [1.82, 2.24) is 25.1 Å². The number of benzene rings is 1. The Bertz CT molecular complexity index is 1070. The van der Waals surface area contributed by atoms with E-state index in [0.717, 1.165) is 47.3 Å². The molecule has 10 heteroatoms. The Morgan fingerprint density at radius 1 is 1.18 bits per heavy atom. The second kappa shape index (κ2) is 11.6. The topological polar surface area (TPSA) is 85.2 Å². The number of hydrogen-bond donors (Lipinski definition) is 1. The molecule has 0 aliphatic carbocycles. The number of halogens is 1. The highest BCUT2D eigenvalue weighted by Gasteiger charge is 2.20. The average molecular weight is 489 g/mol. The van der Waals surface area contributed by atoms with Gasteiger partial charge in [-0.1, -0.05) is 30.3 Å². The molecule has 0 atom stereocenters. The number of aromatic nitrogens is 4. The summed E-state index contributed by atoms with van der Waals surface area (Å²) in [5.41, 5.74) is 0.816. The summed E-state index contributed by atoms with van der Waals surface area (Å²) < 4.78 is 7.34. The molecule has 1 fully saturated rings. The molecule has 2 aromatic heterocycles. The van der Waals surface area contributed by atoms with Crippen molar-refractivity contribution in [1.29, 1.82) is 0 Å². The summed E-state index contributed by atoms with van der Waals surface area (Å²) in [5, 5.41) is 9.82. The van der Waals surface area contributed by atoms with Crippen LogP contribution < -0.4 is 15.0 Å². The maximum absolute atomic E-state index is 12.2. The Morgan fingerprint density at radius 2 is 1.97 bits per heavy atom. The van der Waals surface area contributed by atoms with Crippen molar-refractivity contribution in [3.05, 3.63) is 35.5 Å². The van der Waals surface area contributed by atoms with Crippen LogP contribution in [0.3, 0.4) is 0 Å². The molecule has 0 unspecified atom stereocenters. The molecule has 33 heavy (non-hydrogen) atoms. The number of ether oxygens (including phenoxy) is 1. The normalized spacial score (nSPS) is 13.9. The molecule has 0 radical (unpaired) electrons. The molecule has 1 aliphatic rings. The fraction of sp³-hybridized carbons (Fsp3) is 0.478. The number of rotatable bonds is 10. The van der Waals surface area contributed by atoms with Gasteiger partial charge in [0.1, 0.15) is 11.6 Å². The second-order valence-corrected chi connectivity index (χ2v) is 9.42. The van der Waals surface area contributed by atoms with E-state index in [9.17, 15) is 4.79 Å². The van der Waals surface area contributed by atoms with Crippen LogP contribution in [0.5, 0.6) is 5.75 Å². The minimum atomic E-state index is -0.191. The van der Waals surface area contributed by atoms with Gasteiger partial charge in [-0.25, -0.2) is 14.6 Å². The van der Waals surface area contributed by atoms with Crippen molar-refractivity contribution in [2.24, 2.45) is 0 Å². The maximum Gasteiger partial charge on any atom is 0.258 e. The lowest BCUT2D eigenvalue weighted by Gasteiger charge is -2.28. The summed E-state index contributed by atoms with van der Waals surface area (Å²) in [6.45, 7) is 5.07. The number of piperidine rings is 1. The number of nitrogens with one attached hydrogen (secondary N) is 1. The van der Waals surface area contributed by atoms with Gasteiger partial charge in [-0.15, -0.1) is 0 Å². The largest absolute Gasteiger partial charge is 0.484 e. The first-order valence-electron chi connectivity index (χ1n) is 11.4. The third-order valence-corrected chi connectivity index (χ3v) is 6.68. The summed E-state index contributed by atoms with van der Waals surface area (Å²) >= 11 is 7.54. The molecule has 8 nitrogen and oxygen atoms in total. The molecule has 1 aliphatic heterocycles. The molecule has 1 saturated heterocycles. The third kappa shape index (κ3) is 6.29. The van der Waals surface area contributed by atoms with Gasteiger partial charge in [-0.3, -0.25) is 4.79 Å². The maximum atomic E-state index is 12.2. The molecule has 1 N–H and O–H groups in total. The van der Waals surface area contributed by atoms with Gasteiger partial charge in [0.05, 0.1) is 18.1 Å². The quantitative estimate of drug-likeness (QED) is 0.338. The van der Waals surface area contributed by atoms with Gasteiger partial charge in [0.2, 0.25) is 0 Å². The molecular formula is C23H29ClN6O2S.